The summed E-state index contributed by atoms with van der Waals surface area (Å²) in [6.45, 7) is 4.58. The minimum atomic E-state index is -0.965. The van der Waals surface area contributed by atoms with Gasteiger partial charge in [-0.2, -0.15) is 0 Å². The number of rotatable bonds is 14. The molecule has 0 saturated carbocycles. The van der Waals surface area contributed by atoms with Gasteiger partial charge in [-0.05, 0) is 79.6 Å². The number of carbonyl (C=O) groups is 2. The number of hydrogen-bond donors (Lipinski definition) is 1. The van der Waals surface area contributed by atoms with Crippen molar-refractivity contribution in [2.45, 2.75) is 26.5 Å². The van der Waals surface area contributed by atoms with Gasteiger partial charge >= 0.3 is 5.97 Å². The highest BCUT2D eigenvalue weighted by Gasteiger charge is 2.16. The highest BCUT2D eigenvalue weighted by molar-refractivity contribution is 5.90. The van der Waals surface area contributed by atoms with Gasteiger partial charge in [-0.25, -0.2) is 9.18 Å². The summed E-state index contributed by atoms with van der Waals surface area (Å²) < 4.78 is 40.3. The monoisotopic (exact) mass is 537 g/mol. The van der Waals surface area contributed by atoms with Crippen LogP contribution in [-0.4, -0.2) is 44.9 Å². The van der Waals surface area contributed by atoms with Crippen LogP contribution in [0.2, 0.25) is 0 Å². The van der Waals surface area contributed by atoms with Crippen molar-refractivity contribution in [3.8, 4) is 23.0 Å². The SMILES string of the molecule is CCOc1cc(/C=C/C(=O)OC(C)C(=O)NCc2ccc(OC)cc2)ccc1OCCOc1ccc(F)cc1. The Morgan fingerprint density at radius 2 is 1.59 bits per heavy atom. The Morgan fingerprint density at radius 3 is 2.28 bits per heavy atom. The van der Waals surface area contributed by atoms with Gasteiger partial charge in [0, 0.05) is 12.6 Å². The van der Waals surface area contributed by atoms with Gasteiger partial charge < -0.3 is 29.0 Å². The molecule has 0 fully saturated rings. The lowest BCUT2D eigenvalue weighted by Gasteiger charge is -2.13. The lowest BCUT2D eigenvalue weighted by Crippen LogP contribution is -2.35. The van der Waals surface area contributed by atoms with Crippen molar-refractivity contribution in [3.05, 3.63) is 89.8 Å². The maximum absolute atomic E-state index is 13.0. The second-order valence-electron chi connectivity index (χ2n) is 8.27. The van der Waals surface area contributed by atoms with Gasteiger partial charge in [0.05, 0.1) is 13.7 Å². The van der Waals surface area contributed by atoms with Crippen LogP contribution in [0.25, 0.3) is 6.08 Å². The van der Waals surface area contributed by atoms with Gasteiger partial charge in [0.15, 0.2) is 17.6 Å². The maximum Gasteiger partial charge on any atom is 0.331 e. The van der Waals surface area contributed by atoms with Crippen molar-refractivity contribution in [2.24, 2.45) is 0 Å². The number of benzene rings is 3. The molecule has 1 atom stereocenters. The fraction of sp³-hybridized carbons (Fsp3) is 0.267. The molecule has 0 aliphatic heterocycles. The first-order valence-electron chi connectivity index (χ1n) is 12.4. The van der Waals surface area contributed by atoms with Crippen LogP contribution in [0.4, 0.5) is 4.39 Å². The van der Waals surface area contributed by atoms with Gasteiger partial charge in [0.25, 0.3) is 5.91 Å². The highest BCUT2D eigenvalue weighted by Crippen LogP contribution is 2.29. The second-order valence-corrected chi connectivity index (χ2v) is 8.27. The van der Waals surface area contributed by atoms with Crippen LogP contribution >= 0.6 is 0 Å². The summed E-state index contributed by atoms with van der Waals surface area (Å²) in [5, 5.41) is 2.74. The quantitative estimate of drug-likeness (QED) is 0.177. The van der Waals surface area contributed by atoms with Crippen molar-refractivity contribution >= 4 is 18.0 Å². The van der Waals surface area contributed by atoms with Crippen LogP contribution in [-0.2, 0) is 20.9 Å². The van der Waals surface area contributed by atoms with E-state index in [0.717, 1.165) is 11.3 Å². The molecule has 1 unspecified atom stereocenters. The molecule has 3 aromatic carbocycles. The molecule has 0 saturated heterocycles. The number of carbonyl (C=O) groups excluding carboxylic acids is 2. The lowest BCUT2D eigenvalue weighted by molar-refractivity contribution is -0.150. The summed E-state index contributed by atoms with van der Waals surface area (Å²) in [7, 11) is 1.58. The molecule has 1 N–H and O–H groups in total. The zero-order valence-corrected chi connectivity index (χ0v) is 22.1. The number of halogens is 1. The summed E-state index contributed by atoms with van der Waals surface area (Å²) in [4.78, 5) is 24.6. The molecule has 0 aliphatic rings. The molecule has 0 bridgehead atoms. The molecule has 0 aromatic heterocycles. The van der Waals surface area contributed by atoms with Crippen molar-refractivity contribution in [3.63, 3.8) is 0 Å². The van der Waals surface area contributed by atoms with E-state index in [4.69, 9.17) is 23.7 Å². The predicted molar refractivity (Wildman–Crippen MR) is 144 cm³/mol. The smallest absolute Gasteiger partial charge is 0.331 e. The molecular weight excluding hydrogens is 505 g/mol. The van der Waals surface area contributed by atoms with Gasteiger partial charge in [-0.3, -0.25) is 4.79 Å². The molecule has 0 heterocycles. The number of methoxy groups -OCH3 is 1. The van der Waals surface area contributed by atoms with E-state index in [2.05, 4.69) is 5.32 Å². The summed E-state index contributed by atoms with van der Waals surface area (Å²) in [6, 6.07) is 18.2. The summed E-state index contributed by atoms with van der Waals surface area (Å²) in [6.07, 6.45) is 1.84. The normalized spacial score (nSPS) is 11.5. The van der Waals surface area contributed by atoms with E-state index in [-0.39, 0.29) is 19.0 Å². The molecule has 0 aliphatic carbocycles. The molecular formula is C30H32FNO7. The third-order valence-corrected chi connectivity index (χ3v) is 5.39. The third-order valence-electron chi connectivity index (χ3n) is 5.39. The second kappa shape index (κ2) is 15.0. The van der Waals surface area contributed by atoms with Crippen molar-refractivity contribution in [2.75, 3.05) is 26.9 Å². The van der Waals surface area contributed by atoms with E-state index in [1.54, 1.807) is 55.7 Å². The van der Waals surface area contributed by atoms with Crippen LogP contribution in [0.1, 0.15) is 25.0 Å². The van der Waals surface area contributed by atoms with Gasteiger partial charge in [-0.1, -0.05) is 18.2 Å². The van der Waals surface area contributed by atoms with Gasteiger partial charge in [0.2, 0.25) is 0 Å². The Labute approximate surface area is 227 Å². The van der Waals surface area contributed by atoms with Crippen LogP contribution in [0.5, 0.6) is 23.0 Å². The van der Waals surface area contributed by atoms with Crippen LogP contribution in [0.3, 0.4) is 0 Å². The molecule has 1 amide bonds. The van der Waals surface area contributed by atoms with Gasteiger partial charge in [0.1, 0.15) is 30.5 Å². The number of hydrogen-bond acceptors (Lipinski definition) is 7. The minimum Gasteiger partial charge on any atom is -0.497 e. The van der Waals surface area contributed by atoms with E-state index >= 15 is 0 Å². The number of nitrogens with one attached hydrogen (secondary N) is 1. The average molecular weight is 538 g/mol. The molecule has 39 heavy (non-hydrogen) atoms. The topological polar surface area (TPSA) is 92.3 Å². The first-order chi connectivity index (χ1) is 18.9. The number of esters is 1. The lowest BCUT2D eigenvalue weighted by atomic mass is 10.2. The Morgan fingerprint density at radius 1 is 0.897 bits per heavy atom. The maximum atomic E-state index is 13.0. The van der Waals surface area contributed by atoms with Gasteiger partial charge in [-0.15, -0.1) is 0 Å². The first kappa shape index (κ1) is 29.0. The molecule has 9 heteroatoms. The molecule has 3 aromatic rings. The minimum absolute atomic E-state index is 0.247. The highest BCUT2D eigenvalue weighted by atomic mass is 19.1. The largest absolute Gasteiger partial charge is 0.497 e. The Kier molecular flexibility index (Phi) is 11.2. The summed E-state index contributed by atoms with van der Waals surface area (Å²) >= 11 is 0. The Bertz CT molecular complexity index is 1240. The van der Waals surface area contributed by atoms with Crippen LogP contribution in [0, 0.1) is 5.82 Å². The van der Waals surface area contributed by atoms with E-state index < -0.39 is 18.0 Å². The predicted octanol–water partition coefficient (Wildman–Crippen LogP) is 4.95. The average Bonchev–Trinajstić information content (AvgIpc) is 2.95. The van der Waals surface area contributed by atoms with Crippen LogP contribution in [0.15, 0.2) is 72.8 Å². The molecule has 0 spiro atoms. The zero-order chi connectivity index (χ0) is 28.0. The van der Waals surface area contributed by atoms with E-state index in [0.29, 0.717) is 36.0 Å². The molecule has 3 rings (SSSR count). The third kappa shape index (κ3) is 9.70. The number of amides is 1. The first-order valence-corrected chi connectivity index (χ1v) is 12.4. The summed E-state index contributed by atoms with van der Waals surface area (Å²) in [5.41, 5.74) is 1.57. The van der Waals surface area contributed by atoms with E-state index in [9.17, 15) is 14.0 Å². The zero-order valence-electron chi connectivity index (χ0n) is 22.1. The fourth-order valence-corrected chi connectivity index (χ4v) is 3.37. The number of ether oxygens (including phenoxy) is 5. The summed E-state index contributed by atoms with van der Waals surface area (Å²) in [5.74, 6) is 0.893. The van der Waals surface area contributed by atoms with Crippen molar-refractivity contribution in [1.82, 2.24) is 5.32 Å². The standard InChI is InChI=1S/C30H32FNO7/c1-4-36-28-19-22(7-15-27(28)38-18-17-37-26-13-9-24(31)10-14-26)8-16-29(33)39-21(2)30(34)32-20-23-5-11-25(35-3)12-6-23/h5-16,19,21H,4,17-18,20H2,1-3H3,(H,32,34)/b16-8+. The molecule has 0 radical (unpaired) electrons. The van der Waals surface area contributed by atoms with E-state index in [1.165, 1.54) is 25.1 Å². The van der Waals surface area contributed by atoms with Crippen LogP contribution < -0.4 is 24.3 Å². The Balaban J connectivity index is 1.47. The van der Waals surface area contributed by atoms with Crippen molar-refractivity contribution in [1.29, 1.82) is 0 Å². The Hall–Kier alpha value is -4.53. The molecule has 206 valence electrons. The fourth-order valence-electron chi connectivity index (χ4n) is 3.37. The molecule has 8 nitrogen and oxygen atoms in total. The van der Waals surface area contributed by atoms with Crippen molar-refractivity contribution < 1.29 is 37.7 Å². The van der Waals surface area contributed by atoms with E-state index in [1.807, 2.05) is 19.1 Å².